The average Bonchev–Trinajstić information content (AvgIpc) is 2.56. The zero-order chi connectivity index (χ0) is 15.8. The van der Waals surface area contributed by atoms with E-state index in [4.69, 9.17) is 9.47 Å². The summed E-state index contributed by atoms with van der Waals surface area (Å²) >= 11 is 0. The molecule has 0 spiro atoms. The molecule has 22 heavy (non-hydrogen) atoms. The Balaban J connectivity index is 1.86. The van der Waals surface area contributed by atoms with Gasteiger partial charge in [0.15, 0.2) is 0 Å². The number of benzene rings is 2. The molecule has 5 heteroatoms. The van der Waals surface area contributed by atoms with Crippen molar-refractivity contribution in [3.8, 4) is 11.5 Å². The number of methoxy groups -OCH3 is 2. The van der Waals surface area contributed by atoms with Crippen LogP contribution >= 0.6 is 0 Å². The van der Waals surface area contributed by atoms with E-state index in [0.717, 1.165) is 6.42 Å². The Morgan fingerprint density at radius 3 is 2.50 bits per heavy atom. The van der Waals surface area contributed by atoms with Crippen LogP contribution in [0.15, 0.2) is 48.5 Å². The van der Waals surface area contributed by atoms with Crippen molar-refractivity contribution < 1.29 is 14.3 Å². The van der Waals surface area contributed by atoms with E-state index in [9.17, 15) is 4.79 Å². The fraction of sp³-hybridized carbons (Fsp3) is 0.235. The lowest BCUT2D eigenvalue weighted by Crippen LogP contribution is -2.30. The van der Waals surface area contributed by atoms with E-state index < -0.39 is 0 Å². The maximum absolute atomic E-state index is 11.9. The zero-order valence-corrected chi connectivity index (χ0v) is 12.8. The van der Waals surface area contributed by atoms with Crippen LogP contribution in [0.5, 0.6) is 11.5 Å². The molecular formula is C17H20N2O3. The highest BCUT2D eigenvalue weighted by molar-refractivity contribution is 5.91. The number of amides is 2. The summed E-state index contributed by atoms with van der Waals surface area (Å²) in [6.07, 6.45) is 0.786. The van der Waals surface area contributed by atoms with Crippen molar-refractivity contribution in [3.05, 3.63) is 54.1 Å². The first-order chi connectivity index (χ1) is 10.7. The molecule has 2 N–H and O–H groups in total. The van der Waals surface area contributed by atoms with Gasteiger partial charge in [-0.15, -0.1) is 0 Å². The maximum atomic E-state index is 11.9. The Morgan fingerprint density at radius 1 is 1.05 bits per heavy atom. The fourth-order valence-corrected chi connectivity index (χ4v) is 2.03. The van der Waals surface area contributed by atoms with Gasteiger partial charge in [-0.25, -0.2) is 4.79 Å². The number of carbonyl (C=O) groups excluding carboxylic acids is 1. The molecule has 0 fully saturated rings. The lowest BCUT2D eigenvalue weighted by atomic mass is 10.1. The number of ether oxygens (including phenoxy) is 2. The number of nitrogens with one attached hydrogen (secondary N) is 2. The Morgan fingerprint density at radius 2 is 1.82 bits per heavy atom. The van der Waals surface area contributed by atoms with Gasteiger partial charge in [-0.2, -0.15) is 0 Å². The summed E-state index contributed by atoms with van der Waals surface area (Å²) in [4.78, 5) is 11.9. The molecule has 0 bridgehead atoms. The van der Waals surface area contributed by atoms with Crippen molar-refractivity contribution in [3.63, 3.8) is 0 Å². The highest BCUT2D eigenvalue weighted by Crippen LogP contribution is 2.28. The second-order valence-corrected chi connectivity index (χ2v) is 4.68. The molecule has 0 aliphatic heterocycles. The molecule has 0 unspecified atom stereocenters. The molecule has 2 rings (SSSR count). The van der Waals surface area contributed by atoms with Gasteiger partial charge in [-0.3, -0.25) is 0 Å². The zero-order valence-electron chi connectivity index (χ0n) is 12.8. The second kappa shape index (κ2) is 7.93. The average molecular weight is 300 g/mol. The smallest absolute Gasteiger partial charge is 0.319 e. The first-order valence-corrected chi connectivity index (χ1v) is 7.03. The minimum atomic E-state index is -0.264. The van der Waals surface area contributed by atoms with Crippen molar-refractivity contribution in [2.24, 2.45) is 0 Å². The Kier molecular flexibility index (Phi) is 5.65. The number of urea groups is 1. The van der Waals surface area contributed by atoms with Gasteiger partial charge >= 0.3 is 6.03 Å². The lowest BCUT2D eigenvalue weighted by Gasteiger charge is -2.12. The van der Waals surface area contributed by atoms with E-state index in [-0.39, 0.29) is 6.03 Å². The molecule has 0 saturated carbocycles. The summed E-state index contributed by atoms with van der Waals surface area (Å²) in [6, 6.07) is 15.0. The van der Waals surface area contributed by atoms with Crippen molar-refractivity contribution in [2.75, 3.05) is 26.1 Å². The third-order valence-corrected chi connectivity index (χ3v) is 3.20. The summed E-state index contributed by atoms with van der Waals surface area (Å²) in [6.45, 7) is 0.564. The molecule has 0 aliphatic carbocycles. The number of rotatable bonds is 6. The Hall–Kier alpha value is -2.69. The van der Waals surface area contributed by atoms with Crippen molar-refractivity contribution in [2.45, 2.75) is 6.42 Å². The third-order valence-electron chi connectivity index (χ3n) is 3.20. The minimum absolute atomic E-state index is 0.264. The molecule has 2 aromatic rings. The Labute approximate surface area is 130 Å². The van der Waals surface area contributed by atoms with Gasteiger partial charge in [0.1, 0.15) is 11.5 Å². The predicted octanol–water partition coefficient (Wildman–Crippen LogP) is 3.07. The molecule has 0 saturated heterocycles. The van der Waals surface area contributed by atoms with Crippen LogP contribution in [0.3, 0.4) is 0 Å². The monoisotopic (exact) mass is 300 g/mol. The van der Waals surface area contributed by atoms with E-state index in [1.165, 1.54) is 5.56 Å². The normalized spacial score (nSPS) is 9.91. The predicted molar refractivity (Wildman–Crippen MR) is 86.7 cm³/mol. The standard InChI is InChI=1S/C17H20N2O3/c1-21-14-8-9-15(16(12-14)22-2)19-17(20)18-11-10-13-6-4-3-5-7-13/h3-9,12H,10-11H2,1-2H3,(H2,18,19,20). The molecular weight excluding hydrogens is 280 g/mol. The van der Waals surface area contributed by atoms with Gasteiger partial charge < -0.3 is 20.1 Å². The fourth-order valence-electron chi connectivity index (χ4n) is 2.03. The highest BCUT2D eigenvalue weighted by Gasteiger charge is 2.08. The number of anilines is 1. The van der Waals surface area contributed by atoms with Crippen molar-refractivity contribution in [1.82, 2.24) is 5.32 Å². The molecule has 2 aromatic carbocycles. The van der Waals surface area contributed by atoms with Crippen LogP contribution in [-0.2, 0) is 6.42 Å². The van der Waals surface area contributed by atoms with E-state index in [1.54, 1.807) is 32.4 Å². The van der Waals surface area contributed by atoms with Crippen LogP contribution in [0.25, 0.3) is 0 Å². The molecule has 5 nitrogen and oxygen atoms in total. The van der Waals surface area contributed by atoms with Crippen molar-refractivity contribution in [1.29, 1.82) is 0 Å². The van der Waals surface area contributed by atoms with E-state index in [1.807, 2.05) is 30.3 Å². The van der Waals surface area contributed by atoms with E-state index in [0.29, 0.717) is 23.7 Å². The molecule has 0 aromatic heterocycles. The number of carbonyl (C=O) groups is 1. The van der Waals surface area contributed by atoms with Crippen LogP contribution in [0.1, 0.15) is 5.56 Å². The third kappa shape index (κ3) is 4.41. The van der Waals surface area contributed by atoms with Crippen LogP contribution in [-0.4, -0.2) is 26.8 Å². The molecule has 116 valence electrons. The van der Waals surface area contributed by atoms with Crippen LogP contribution in [0, 0.1) is 0 Å². The molecule has 0 atom stereocenters. The summed E-state index contributed by atoms with van der Waals surface area (Å²) in [5.74, 6) is 1.23. The summed E-state index contributed by atoms with van der Waals surface area (Å²) in [5.41, 5.74) is 1.78. The van der Waals surface area contributed by atoms with Gasteiger partial charge in [0, 0.05) is 12.6 Å². The SMILES string of the molecule is COc1ccc(NC(=O)NCCc2ccccc2)c(OC)c1. The van der Waals surface area contributed by atoms with E-state index >= 15 is 0 Å². The number of hydrogen-bond acceptors (Lipinski definition) is 3. The quantitative estimate of drug-likeness (QED) is 0.862. The van der Waals surface area contributed by atoms with Gasteiger partial charge in [0.2, 0.25) is 0 Å². The van der Waals surface area contributed by atoms with Crippen LogP contribution < -0.4 is 20.1 Å². The summed E-state index contributed by atoms with van der Waals surface area (Å²) < 4.78 is 10.4. The summed E-state index contributed by atoms with van der Waals surface area (Å²) in [5, 5.41) is 5.59. The van der Waals surface area contributed by atoms with Gasteiger partial charge in [0.05, 0.1) is 19.9 Å². The molecule has 0 radical (unpaired) electrons. The lowest BCUT2D eigenvalue weighted by molar-refractivity contribution is 0.252. The highest BCUT2D eigenvalue weighted by atomic mass is 16.5. The van der Waals surface area contributed by atoms with Crippen LogP contribution in [0.4, 0.5) is 10.5 Å². The van der Waals surface area contributed by atoms with E-state index in [2.05, 4.69) is 10.6 Å². The molecule has 2 amide bonds. The largest absolute Gasteiger partial charge is 0.497 e. The molecule has 0 aliphatic rings. The van der Waals surface area contributed by atoms with Gasteiger partial charge in [-0.05, 0) is 24.1 Å². The Bertz CT molecular complexity index is 615. The first kappa shape index (κ1) is 15.7. The number of hydrogen-bond donors (Lipinski definition) is 2. The van der Waals surface area contributed by atoms with Gasteiger partial charge in [-0.1, -0.05) is 30.3 Å². The topological polar surface area (TPSA) is 59.6 Å². The van der Waals surface area contributed by atoms with Crippen molar-refractivity contribution >= 4 is 11.7 Å². The second-order valence-electron chi connectivity index (χ2n) is 4.68. The molecule has 0 heterocycles. The first-order valence-electron chi connectivity index (χ1n) is 7.03. The van der Waals surface area contributed by atoms with Crippen LogP contribution in [0.2, 0.25) is 0 Å². The maximum Gasteiger partial charge on any atom is 0.319 e. The summed E-state index contributed by atoms with van der Waals surface area (Å²) in [7, 11) is 3.13. The minimum Gasteiger partial charge on any atom is -0.497 e. The van der Waals surface area contributed by atoms with Gasteiger partial charge in [0.25, 0.3) is 0 Å².